The number of aromatic nitrogens is 1. The highest BCUT2D eigenvalue weighted by Crippen LogP contribution is 2.35. The van der Waals surface area contributed by atoms with Crippen LogP contribution in [0.4, 0.5) is 0 Å². The van der Waals surface area contributed by atoms with E-state index in [9.17, 15) is 9.90 Å². The lowest BCUT2D eigenvalue weighted by Crippen LogP contribution is -2.22. The van der Waals surface area contributed by atoms with E-state index < -0.39 is 5.97 Å². The van der Waals surface area contributed by atoms with Crippen LogP contribution in [0.2, 0.25) is 0 Å². The number of hydrogen-bond acceptors (Lipinski definition) is 4. The second-order valence-corrected chi connectivity index (χ2v) is 7.45. The number of carboxylic acid groups (broad SMARTS) is 1. The summed E-state index contributed by atoms with van der Waals surface area (Å²) in [6.07, 6.45) is 3.70. The normalized spacial score (nSPS) is 21.3. The van der Waals surface area contributed by atoms with Crippen molar-refractivity contribution in [3.05, 3.63) is 65.3 Å². The molecule has 2 atom stereocenters. The Labute approximate surface area is 144 Å². The van der Waals surface area contributed by atoms with Gasteiger partial charge in [-0.2, -0.15) is 0 Å². The number of rotatable bonds is 4. The van der Waals surface area contributed by atoms with E-state index in [0.29, 0.717) is 6.54 Å². The highest BCUT2D eigenvalue weighted by atomic mass is 32.1. The smallest absolute Gasteiger partial charge is 0.308 e. The molecule has 122 valence electrons. The lowest BCUT2D eigenvalue weighted by molar-refractivity contribution is -0.141. The summed E-state index contributed by atoms with van der Waals surface area (Å²) < 4.78 is 1.18. The molecule has 1 aliphatic rings. The third kappa shape index (κ3) is 2.92. The Hall–Kier alpha value is -2.24. The zero-order valence-corrected chi connectivity index (χ0v) is 13.9. The SMILES string of the molecule is O=C(O)[C@@H]1CN(Cc2cc3ccncc3s2)C[C@H]1c1ccccc1. The fraction of sp³-hybridized carbons (Fsp3) is 0.263. The maximum absolute atomic E-state index is 11.7. The summed E-state index contributed by atoms with van der Waals surface area (Å²) in [5, 5.41) is 10.8. The standard InChI is InChI=1S/C19H18N2O2S/c22-19(23)17-12-21(11-16(17)13-4-2-1-3-5-13)10-15-8-14-6-7-20-9-18(14)24-15/h1-9,16-17H,10-12H2,(H,22,23)/t16-,17+/m0/s1. The molecule has 1 saturated heterocycles. The number of fused-ring (bicyclic) bond motifs is 1. The predicted molar refractivity (Wildman–Crippen MR) is 95.2 cm³/mol. The molecule has 0 spiro atoms. The van der Waals surface area contributed by atoms with Crippen LogP contribution < -0.4 is 0 Å². The number of thiophene rings is 1. The van der Waals surface area contributed by atoms with Crippen molar-refractivity contribution in [2.24, 2.45) is 5.92 Å². The average molecular weight is 338 g/mol. The number of carboxylic acids is 1. The van der Waals surface area contributed by atoms with Crippen molar-refractivity contribution < 1.29 is 9.90 Å². The van der Waals surface area contributed by atoms with Gasteiger partial charge in [0.05, 0.1) is 10.6 Å². The molecule has 3 heterocycles. The first-order chi connectivity index (χ1) is 11.7. The van der Waals surface area contributed by atoms with Gasteiger partial charge in [-0.25, -0.2) is 0 Å². The topological polar surface area (TPSA) is 53.4 Å². The van der Waals surface area contributed by atoms with E-state index in [1.165, 1.54) is 15.0 Å². The fourth-order valence-corrected chi connectivity index (χ4v) is 4.61. The van der Waals surface area contributed by atoms with E-state index in [0.717, 1.165) is 18.7 Å². The highest BCUT2D eigenvalue weighted by molar-refractivity contribution is 7.19. The molecule has 0 aliphatic carbocycles. The summed E-state index contributed by atoms with van der Waals surface area (Å²) >= 11 is 1.74. The monoisotopic (exact) mass is 338 g/mol. The molecule has 5 heteroatoms. The van der Waals surface area contributed by atoms with Gasteiger partial charge < -0.3 is 5.11 Å². The van der Waals surface area contributed by atoms with Gasteiger partial charge in [0, 0.05) is 42.8 Å². The summed E-state index contributed by atoms with van der Waals surface area (Å²) in [6, 6.07) is 14.2. The Kier molecular flexibility index (Phi) is 4.04. The maximum atomic E-state index is 11.7. The molecule has 0 saturated carbocycles. The lowest BCUT2D eigenvalue weighted by atomic mass is 9.89. The summed E-state index contributed by atoms with van der Waals surface area (Å²) in [5.41, 5.74) is 1.12. The zero-order valence-electron chi connectivity index (χ0n) is 13.1. The van der Waals surface area contributed by atoms with Crippen LogP contribution in [0.1, 0.15) is 16.4 Å². The van der Waals surface area contributed by atoms with Crippen LogP contribution in [-0.2, 0) is 11.3 Å². The largest absolute Gasteiger partial charge is 0.481 e. The van der Waals surface area contributed by atoms with Gasteiger partial charge >= 0.3 is 5.97 Å². The van der Waals surface area contributed by atoms with Crippen molar-refractivity contribution >= 4 is 27.4 Å². The van der Waals surface area contributed by atoms with Crippen LogP contribution in [0.3, 0.4) is 0 Å². The van der Waals surface area contributed by atoms with Gasteiger partial charge in [0.1, 0.15) is 0 Å². The highest BCUT2D eigenvalue weighted by Gasteiger charge is 2.38. The van der Waals surface area contributed by atoms with Crippen LogP contribution in [0.25, 0.3) is 10.1 Å². The molecule has 0 amide bonds. The van der Waals surface area contributed by atoms with Gasteiger partial charge in [-0.15, -0.1) is 11.3 Å². The second kappa shape index (κ2) is 6.34. The fourth-order valence-electron chi connectivity index (χ4n) is 3.54. The third-order valence-corrected chi connectivity index (χ3v) is 5.76. The summed E-state index contributed by atoms with van der Waals surface area (Å²) in [4.78, 5) is 19.4. The molecule has 0 bridgehead atoms. The van der Waals surface area contributed by atoms with Crippen LogP contribution in [0.15, 0.2) is 54.9 Å². The Morgan fingerprint density at radius 2 is 2.08 bits per heavy atom. The minimum atomic E-state index is -0.702. The van der Waals surface area contributed by atoms with E-state index >= 15 is 0 Å². The lowest BCUT2D eigenvalue weighted by Gasteiger charge is -2.15. The molecule has 1 N–H and O–H groups in total. The first kappa shape index (κ1) is 15.3. The molecule has 1 aliphatic heterocycles. The molecule has 24 heavy (non-hydrogen) atoms. The molecule has 3 aromatic rings. The first-order valence-corrected chi connectivity index (χ1v) is 8.85. The number of aliphatic carboxylic acids is 1. The average Bonchev–Trinajstić information content (AvgIpc) is 3.19. The maximum Gasteiger partial charge on any atom is 0.308 e. The van der Waals surface area contributed by atoms with Crippen molar-refractivity contribution in [1.29, 1.82) is 0 Å². The molecule has 1 aromatic carbocycles. The molecule has 2 aromatic heterocycles. The molecule has 1 fully saturated rings. The Morgan fingerprint density at radius 3 is 2.83 bits per heavy atom. The van der Waals surface area contributed by atoms with Crippen LogP contribution >= 0.6 is 11.3 Å². The minimum absolute atomic E-state index is 0.0553. The first-order valence-electron chi connectivity index (χ1n) is 8.03. The zero-order chi connectivity index (χ0) is 16.5. The molecule has 0 radical (unpaired) electrons. The molecule has 0 unspecified atom stereocenters. The summed E-state index contributed by atoms with van der Waals surface area (Å²) in [5.74, 6) is -0.991. The van der Waals surface area contributed by atoms with E-state index in [4.69, 9.17) is 0 Å². The summed E-state index contributed by atoms with van der Waals surface area (Å²) in [7, 11) is 0. The second-order valence-electron chi connectivity index (χ2n) is 6.28. The van der Waals surface area contributed by atoms with E-state index in [2.05, 4.69) is 16.0 Å². The summed E-state index contributed by atoms with van der Waals surface area (Å²) in [6.45, 7) is 2.18. The van der Waals surface area contributed by atoms with Gasteiger partial charge in [0.2, 0.25) is 0 Å². The molecule has 4 nitrogen and oxygen atoms in total. The Balaban J connectivity index is 1.55. The van der Waals surface area contributed by atoms with Crippen LogP contribution in [0.5, 0.6) is 0 Å². The number of carbonyl (C=O) groups is 1. The Bertz CT molecular complexity index is 829. The van der Waals surface area contributed by atoms with Gasteiger partial charge in [0.25, 0.3) is 0 Å². The van der Waals surface area contributed by atoms with Crippen molar-refractivity contribution in [1.82, 2.24) is 9.88 Å². The molecular weight excluding hydrogens is 320 g/mol. The van der Waals surface area contributed by atoms with Crippen molar-refractivity contribution in [2.75, 3.05) is 13.1 Å². The molecular formula is C19H18N2O2S. The van der Waals surface area contributed by atoms with Gasteiger partial charge in [-0.3, -0.25) is 14.7 Å². The van der Waals surface area contributed by atoms with Crippen LogP contribution in [-0.4, -0.2) is 34.0 Å². The number of pyridine rings is 1. The number of nitrogens with zero attached hydrogens (tertiary/aromatic N) is 2. The van der Waals surface area contributed by atoms with Gasteiger partial charge in [0.15, 0.2) is 0 Å². The number of hydrogen-bond donors (Lipinski definition) is 1. The van der Waals surface area contributed by atoms with Gasteiger partial charge in [-0.05, 0) is 23.1 Å². The minimum Gasteiger partial charge on any atom is -0.481 e. The van der Waals surface area contributed by atoms with E-state index in [1.807, 2.05) is 42.6 Å². The van der Waals surface area contributed by atoms with E-state index in [1.54, 1.807) is 17.5 Å². The van der Waals surface area contributed by atoms with Crippen molar-refractivity contribution in [3.63, 3.8) is 0 Å². The number of benzene rings is 1. The third-order valence-electron chi connectivity index (χ3n) is 4.69. The van der Waals surface area contributed by atoms with Crippen molar-refractivity contribution in [3.8, 4) is 0 Å². The predicted octanol–water partition coefficient (Wildman–Crippen LogP) is 3.60. The van der Waals surface area contributed by atoms with Crippen LogP contribution in [0, 0.1) is 5.92 Å². The molecule has 4 rings (SSSR count). The van der Waals surface area contributed by atoms with Crippen molar-refractivity contribution in [2.45, 2.75) is 12.5 Å². The number of likely N-dealkylation sites (tertiary alicyclic amines) is 1. The van der Waals surface area contributed by atoms with E-state index in [-0.39, 0.29) is 11.8 Å². The van der Waals surface area contributed by atoms with Gasteiger partial charge in [-0.1, -0.05) is 30.3 Å². The Morgan fingerprint density at radius 1 is 1.25 bits per heavy atom. The quantitative estimate of drug-likeness (QED) is 0.790.